The fraction of sp³-hybridized carbons (Fsp3) is 0. The first kappa shape index (κ1) is 20.5. The number of benzene rings is 2. The Bertz CT molecular complexity index is 1130. The first-order chi connectivity index (χ1) is 13.6. The molecule has 12 heteroatoms. The molecule has 0 saturated carbocycles. The van der Waals surface area contributed by atoms with Crippen molar-refractivity contribution in [3.63, 3.8) is 0 Å². The smallest absolute Gasteiger partial charge is 0.311 e. The summed E-state index contributed by atoms with van der Waals surface area (Å²) < 4.78 is 0. The van der Waals surface area contributed by atoms with Gasteiger partial charge in [-0.25, -0.2) is 0 Å². The van der Waals surface area contributed by atoms with Crippen molar-refractivity contribution in [3.8, 4) is 11.5 Å². The molecular formula is C17H9Cl2N3O6S. The number of nitro benzene ring substituents is 1. The Hall–Kier alpha value is -3.21. The highest BCUT2D eigenvalue weighted by atomic mass is 35.5. The number of carbonyl (C=O) groups excluding carboxylic acids is 2. The molecule has 9 nitrogen and oxygen atoms in total. The van der Waals surface area contributed by atoms with Crippen molar-refractivity contribution in [2.24, 2.45) is 0 Å². The molecule has 0 atom stereocenters. The van der Waals surface area contributed by atoms with Crippen LogP contribution in [0.1, 0.15) is 5.56 Å². The third-order valence-electron chi connectivity index (χ3n) is 3.87. The van der Waals surface area contributed by atoms with E-state index in [4.69, 9.17) is 35.4 Å². The lowest BCUT2D eigenvalue weighted by molar-refractivity contribution is -0.385. The minimum Gasteiger partial charge on any atom is -0.507 e. The van der Waals surface area contributed by atoms with Crippen LogP contribution in [0.15, 0.2) is 35.9 Å². The number of aromatic hydroxyl groups is 2. The number of anilines is 1. The largest absolute Gasteiger partial charge is 0.507 e. The van der Waals surface area contributed by atoms with Crippen LogP contribution in [0.4, 0.5) is 11.4 Å². The van der Waals surface area contributed by atoms with E-state index in [-0.39, 0.29) is 21.4 Å². The molecule has 0 aliphatic carbocycles. The van der Waals surface area contributed by atoms with Crippen molar-refractivity contribution in [3.05, 3.63) is 61.6 Å². The predicted octanol–water partition coefficient (Wildman–Crippen LogP) is 3.14. The number of nitrogens with one attached hydrogen (secondary N) is 1. The Labute approximate surface area is 177 Å². The van der Waals surface area contributed by atoms with Crippen LogP contribution in [0.25, 0.3) is 6.08 Å². The molecule has 29 heavy (non-hydrogen) atoms. The fourth-order valence-electron chi connectivity index (χ4n) is 2.54. The molecule has 1 saturated heterocycles. The van der Waals surface area contributed by atoms with Gasteiger partial charge in [-0.15, -0.1) is 0 Å². The van der Waals surface area contributed by atoms with E-state index >= 15 is 0 Å². The number of phenols is 2. The zero-order valence-electron chi connectivity index (χ0n) is 14.1. The lowest BCUT2D eigenvalue weighted by Crippen LogP contribution is -2.54. The second-order valence-corrected chi connectivity index (χ2v) is 6.94. The van der Waals surface area contributed by atoms with Crippen LogP contribution in [-0.4, -0.2) is 32.1 Å². The average molecular weight is 454 g/mol. The molecule has 2 aromatic rings. The number of rotatable bonds is 3. The third-order valence-corrected chi connectivity index (χ3v) is 4.70. The van der Waals surface area contributed by atoms with Gasteiger partial charge in [-0.2, -0.15) is 0 Å². The number of nitrogens with zero attached hydrogens (tertiary/aromatic N) is 2. The van der Waals surface area contributed by atoms with E-state index in [2.05, 4.69) is 5.32 Å². The van der Waals surface area contributed by atoms with Crippen LogP contribution < -0.4 is 10.2 Å². The molecule has 2 aromatic carbocycles. The maximum Gasteiger partial charge on any atom is 0.311 e. The zero-order valence-corrected chi connectivity index (χ0v) is 16.4. The molecule has 1 heterocycles. The molecule has 1 aliphatic rings. The van der Waals surface area contributed by atoms with E-state index in [0.717, 1.165) is 23.1 Å². The highest BCUT2D eigenvalue weighted by Crippen LogP contribution is 2.35. The lowest BCUT2D eigenvalue weighted by Gasteiger charge is -2.29. The number of carbonyl (C=O) groups is 2. The standard InChI is InChI=1S/C17H9Cl2N3O6S/c18-8-1-2-11(10(19)5-8)21-16(26)9(15(25)20-17(21)29)3-7-4-12(22(27)28)14(24)6-13(7)23/h1-6,23-24H,(H,20,25,29)/b9-3+. The van der Waals surface area contributed by atoms with Gasteiger partial charge in [0.05, 0.1) is 15.6 Å². The van der Waals surface area contributed by atoms with Crippen LogP contribution in [0.3, 0.4) is 0 Å². The molecular weight excluding hydrogens is 445 g/mol. The summed E-state index contributed by atoms with van der Waals surface area (Å²) in [6.07, 6.45) is 0.942. The molecule has 0 unspecified atom stereocenters. The Morgan fingerprint density at radius 2 is 1.83 bits per heavy atom. The number of hydrogen-bond acceptors (Lipinski definition) is 7. The Balaban J connectivity index is 2.11. The summed E-state index contributed by atoms with van der Waals surface area (Å²) in [6, 6.07) is 5.82. The van der Waals surface area contributed by atoms with E-state index in [1.807, 2.05) is 0 Å². The van der Waals surface area contributed by atoms with Gasteiger partial charge >= 0.3 is 5.69 Å². The van der Waals surface area contributed by atoms with Gasteiger partial charge in [0.2, 0.25) is 0 Å². The number of thiocarbonyl (C=S) groups is 1. The highest BCUT2D eigenvalue weighted by molar-refractivity contribution is 7.80. The fourth-order valence-corrected chi connectivity index (χ4v) is 3.31. The molecule has 0 radical (unpaired) electrons. The van der Waals surface area contributed by atoms with Crippen molar-refractivity contribution in [2.45, 2.75) is 0 Å². The maximum atomic E-state index is 12.9. The Morgan fingerprint density at radius 1 is 1.14 bits per heavy atom. The van der Waals surface area contributed by atoms with Gasteiger partial charge in [-0.1, -0.05) is 23.2 Å². The minimum atomic E-state index is -0.880. The normalized spacial score (nSPS) is 15.6. The molecule has 0 aromatic heterocycles. The topological polar surface area (TPSA) is 133 Å². The summed E-state index contributed by atoms with van der Waals surface area (Å²) in [4.78, 5) is 36.3. The molecule has 2 amide bonds. The van der Waals surface area contributed by atoms with Gasteiger partial charge in [-0.05, 0) is 36.5 Å². The summed E-state index contributed by atoms with van der Waals surface area (Å²) in [6.45, 7) is 0. The average Bonchev–Trinajstić information content (AvgIpc) is 2.61. The van der Waals surface area contributed by atoms with E-state index in [9.17, 15) is 29.9 Å². The summed E-state index contributed by atoms with van der Waals surface area (Å²) in [5, 5.41) is 33.0. The SMILES string of the molecule is O=C1NC(=S)N(c2ccc(Cl)cc2Cl)C(=O)/C1=C/c1cc([N+](=O)[O-])c(O)cc1O. The van der Waals surface area contributed by atoms with Crippen molar-refractivity contribution in [2.75, 3.05) is 4.90 Å². The summed E-state index contributed by atoms with van der Waals surface area (Å²) >= 11 is 17.0. The second-order valence-electron chi connectivity index (χ2n) is 5.71. The molecule has 0 bridgehead atoms. The summed E-state index contributed by atoms with van der Waals surface area (Å²) in [7, 11) is 0. The third kappa shape index (κ3) is 3.86. The van der Waals surface area contributed by atoms with Gasteiger partial charge in [0, 0.05) is 22.7 Å². The first-order valence-corrected chi connectivity index (χ1v) is 8.83. The number of hydrogen-bond donors (Lipinski definition) is 3. The van der Waals surface area contributed by atoms with Crippen LogP contribution >= 0.6 is 35.4 Å². The van der Waals surface area contributed by atoms with Crippen molar-refractivity contribution in [1.29, 1.82) is 0 Å². The van der Waals surface area contributed by atoms with Gasteiger partial charge in [-0.3, -0.25) is 29.9 Å². The molecule has 1 fully saturated rings. The number of phenolic OH excluding ortho intramolecular Hbond substituents is 2. The van der Waals surface area contributed by atoms with E-state index < -0.39 is 39.5 Å². The van der Waals surface area contributed by atoms with Gasteiger partial charge in [0.25, 0.3) is 11.8 Å². The molecule has 148 valence electrons. The summed E-state index contributed by atoms with van der Waals surface area (Å²) in [5.41, 5.74) is -1.27. The zero-order chi connectivity index (χ0) is 21.5. The molecule has 3 rings (SSSR count). The molecule has 1 aliphatic heterocycles. The van der Waals surface area contributed by atoms with Crippen molar-refractivity contribution >= 4 is 69.8 Å². The Kier molecular flexibility index (Phi) is 5.42. The van der Waals surface area contributed by atoms with Crippen LogP contribution in [0.5, 0.6) is 11.5 Å². The van der Waals surface area contributed by atoms with Gasteiger partial charge in [0.1, 0.15) is 11.3 Å². The van der Waals surface area contributed by atoms with Crippen LogP contribution in [0, 0.1) is 10.1 Å². The number of amides is 2. The van der Waals surface area contributed by atoms with E-state index in [1.54, 1.807) is 0 Å². The van der Waals surface area contributed by atoms with E-state index in [0.29, 0.717) is 5.02 Å². The predicted molar refractivity (Wildman–Crippen MR) is 109 cm³/mol. The summed E-state index contributed by atoms with van der Waals surface area (Å²) in [5.74, 6) is -3.11. The number of halogens is 2. The van der Waals surface area contributed by atoms with Crippen molar-refractivity contribution < 1.29 is 24.7 Å². The van der Waals surface area contributed by atoms with Crippen LogP contribution in [0.2, 0.25) is 10.0 Å². The molecule has 3 N–H and O–H groups in total. The second kappa shape index (κ2) is 7.66. The lowest BCUT2D eigenvalue weighted by atomic mass is 10.1. The Morgan fingerprint density at radius 3 is 2.45 bits per heavy atom. The highest BCUT2D eigenvalue weighted by Gasteiger charge is 2.35. The number of nitro groups is 1. The quantitative estimate of drug-likeness (QED) is 0.213. The van der Waals surface area contributed by atoms with Crippen molar-refractivity contribution in [1.82, 2.24) is 5.32 Å². The van der Waals surface area contributed by atoms with Gasteiger partial charge < -0.3 is 10.2 Å². The van der Waals surface area contributed by atoms with Crippen LogP contribution in [-0.2, 0) is 9.59 Å². The van der Waals surface area contributed by atoms with E-state index in [1.165, 1.54) is 18.2 Å². The minimum absolute atomic E-state index is 0.0896. The molecule has 0 spiro atoms. The monoisotopic (exact) mass is 453 g/mol. The first-order valence-electron chi connectivity index (χ1n) is 7.67. The maximum absolute atomic E-state index is 12.9. The van der Waals surface area contributed by atoms with Gasteiger partial charge in [0.15, 0.2) is 10.9 Å².